The van der Waals surface area contributed by atoms with Crippen LogP contribution in [0.2, 0.25) is 5.02 Å². The van der Waals surface area contributed by atoms with Gasteiger partial charge in [-0.1, -0.05) is 0 Å². The van der Waals surface area contributed by atoms with Gasteiger partial charge in [0.25, 0.3) is 0 Å². The molecule has 6 heteroatoms. The van der Waals surface area contributed by atoms with E-state index in [1.54, 1.807) is 37.8 Å². The van der Waals surface area contributed by atoms with Gasteiger partial charge in [0, 0.05) is 0 Å². The van der Waals surface area contributed by atoms with Crippen molar-refractivity contribution in [2.45, 2.75) is 11.7 Å². The summed E-state index contributed by atoms with van der Waals surface area (Å²) in [5.74, 6) is 0. The monoisotopic (exact) mass is 602 g/mol. The third-order valence-corrected chi connectivity index (χ3v) is 25.8. The van der Waals surface area contributed by atoms with Gasteiger partial charge in [0.15, 0.2) is 0 Å². The number of hydrogen-bond acceptors (Lipinski definition) is 3. The molecule has 0 spiro atoms. The maximum absolute atomic E-state index is 13.6. The van der Waals surface area contributed by atoms with Gasteiger partial charge >= 0.3 is 218 Å². The number of halogens is 1. The van der Waals surface area contributed by atoms with Crippen LogP contribution in [0.5, 0.6) is 0 Å². The molecule has 0 fully saturated rings. The summed E-state index contributed by atoms with van der Waals surface area (Å²) >= 11 is 2.51. The van der Waals surface area contributed by atoms with Crippen molar-refractivity contribution in [2.24, 2.45) is 0 Å². The average molecular weight is 602 g/mol. The van der Waals surface area contributed by atoms with Crippen molar-refractivity contribution in [3.05, 3.63) is 137 Å². The van der Waals surface area contributed by atoms with Crippen molar-refractivity contribution in [2.75, 3.05) is 0 Å². The first kappa shape index (κ1) is 23.9. The summed E-state index contributed by atoms with van der Waals surface area (Å²) in [6.07, 6.45) is 1.75. The molecule has 172 valence electrons. The molecule has 0 aliphatic heterocycles. The molecule has 0 amide bonds. The maximum atomic E-state index is 13.6. The van der Waals surface area contributed by atoms with Crippen LogP contribution in [0.1, 0.15) is 0 Å². The molecule has 0 aliphatic carbocycles. The molecule has 0 unspecified atom stereocenters. The molecule has 0 saturated heterocycles. The quantitative estimate of drug-likeness (QED) is 0.150. The molecule has 0 atom stereocenters. The molecule has 4 aromatic carbocycles. The van der Waals surface area contributed by atoms with E-state index < -0.39 is 17.0 Å². The van der Waals surface area contributed by atoms with Crippen molar-refractivity contribution in [3.8, 4) is 0 Å². The number of nitrogens with zero attached hydrogens (tertiary/aromatic N) is 2. The SMILES string of the molecule is C=CCn1c([S][Sn]([c]2ccccc2)([c]2ccccc2)[c]2ccccc2)nc2cc(Cl)ccc2c1=O. The van der Waals surface area contributed by atoms with E-state index in [1.165, 1.54) is 10.7 Å². The Hall–Kier alpha value is -2.80. The first-order chi connectivity index (χ1) is 17.1. The van der Waals surface area contributed by atoms with Gasteiger partial charge in [-0.05, 0) is 0 Å². The van der Waals surface area contributed by atoms with E-state index in [2.05, 4.69) is 79.4 Å². The van der Waals surface area contributed by atoms with Crippen LogP contribution in [0.15, 0.2) is 132 Å². The molecule has 0 saturated carbocycles. The third-order valence-electron chi connectivity index (χ3n) is 5.98. The zero-order valence-corrected chi connectivity index (χ0v) is 23.4. The van der Waals surface area contributed by atoms with E-state index in [0.29, 0.717) is 27.6 Å². The molecule has 5 rings (SSSR count). The van der Waals surface area contributed by atoms with Crippen LogP contribution < -0.4 is 16.3 Å². The van der Waals surface area contributed by atoms with Crippen LogP contribution in [0.25, 0.3) is 10.9 Å². The summed E-state index contributed by atoms with van der Waals surface area (Å²) in [5, 5.41) is 1.81. The molecule has 5 aromatic rings. The van der Waals surface area contributed by atoms with E-state index >= 15 is 0 Å². The van der Waals surface area contributed by atoms with Crippen molar-refractivity contribution in [1.82, 2.24) is 9.55 Å². The van der Waals surface area contributed by atoms with Crippen molar-refractivity contribution < 1.29 is 0 Å². The summed E-state index contributed by atoms with van der Waals surface area (Å²) in [5.41, 5.74) is 0.531. The number of hydrogen-bond donors (Lipinski definition) is 0. The molecule has 0 N–H and O–H groups in total. The molecule has 1 heterocycles. The molecule has 0 radical (unpaired) electrons. The van der Waals surface area contributed by atoms with Gasteiger partial charge in [0.2, 0.25) is 0 Å². The second-order valence-electron chi connectivity index (χ2n) is 8.14. The van der Waals surface area contributed by atoms with E-state index in [9.17, 15) is 4.79 Å². The minimum absolute atomic E-state index is 0.0801. The van der Waals surface area contributed by atoms with Gasteiger partial charge in [-0.3, -0.25) is 0 Å². The Kier molecular flexibility index (Phi) is 7.14. The van der Waals surface area contributed by atoms with Crippen molar-refractivity contribution in [3.63, 3.8) is 0 Å². The normalized spacial score (nSPS) is 11.5. The van der Waals surface area contributed by atoms with Gasteiger partial charge in [0.05, 0.1) is 0 Å². The van der Waals surface area contributed by atoms with Gasteiger partial charge in [-0.15, -0.1) is 0 Å². The Balaban J connectivity index is 1.85. The standard InChI is InChI=1S/C11H9ClN2OS.3C6H5.Sn/c1-2-5-14-10(15)8-4-3-7(12)6-9(8)13-11(14)16;3*1-2-4-6-5-3-1;/h2-4,6H,1,5H2,(H,13,16);3*1-5H;/q;;;;+1/p-1. The minimum atomic E-state index is -3.78. The van der Waals surface area contributed by atoms with Crippen LogP contribution in [0.4, 0.5) is 0 Å². The Morgan fingerprint density at radius 1 is 0.829 bits per heavy atom. The summed E-state index contributed by atoms with van der Waals surface area (Å²) in [4.78, 5) is 18.6. The first-order valence-corrected chi connectivity index (χ1v) is 20.3. The van der Waals surface area contributed by atoms with Crippen LogP contribution in [0, 0.1) is 0 Å². The van der Waals surface area contributed by atoms with Gasteiger partial charge in [-0.25, -0.2) is 0 Å². The molecular formula is C29H23ClN2OSSn. The van der Waals surface area contributed by atoms with E-state index in [0.717, 1.165) is 0 Å². The Morgan fingerprint density at radius 3 is 1.83 bits per heavy atom. The van der Waals surface area contributed by atoms with Gasteiger partial charge in [0.1, 0.15) is 0 Å². The molecule has 0 bridgehead atoms. The number of aromatic nitrogens is 2. The second-order valence-corrected chi connectivity index (χ2v) is 23.8. The molecule has 0 aliphatic rings. The van der Waals surface area contributed by atoms with Crippen LogP contribution >= 0.6 is 20.5 Å². The number of benzene rings is 4. The number of fused-ring (bicyclic) bond motifs is 1. The average Bonchev–Trinajstić information content (AvgIpc) is 2.91. The summed E-state index contributed by atoms with van der Waals surface area (Å²) < 4.78 is 5.65. The second kappa shape index (κ2) is 10.4. The fourth-order valence-corrected chi connectivity index (χ4v) is 23.5. The van der Waals surface area contributed by atoms with Crippen molar-refractivity contribution >= 4 is 59.2 Å². The van der Waals surface area contributed by atoms with Crippen LogP contribution in [-0.4, -0.2) is 26.5 Å². The topological polar surface area (TPSA) is 34.9 Å². The molecule has 1 aromatic heterocycles. The molecule has 3 nitrogen and oxygen atoms in total. The van der Waals surface area contributed by atoms with Crippen molar-refractivity contribution in [1.29, 1.82) is 0 Å². The Labute approximate surface area is 216 Å². The van der Waals surface area contributed by atoms with Crippen LogP contribution in [-0.2, 0) is 6.54 Å². The predicted octanol–water partition coefficient (Wildman–Crippen LogP) is 5.00. The summed E-state index contributed by atoms with van der Waals surface area (Å²) in [7, 11) is 1.77. The first-order valence-electron chi connectivity index (χ1n) is 11.3. The number of rotatable bonds is 7. The predicted molar refractivity (Wildman–Crippen MR) is 151 cm³/mol. The zero-order chi connectivity index (χ0) is 24.3. The fraction of sp³-hybridized carbons (Fsp3) is 0.0345. The summed E-state index contributed by atoms with van der Waals surface area (Å²) in [6.45, 7) is 4.28. The van der Waals surface area contributed by atoms with Gasteiger partial charge < -0.3 is 0 Å². The Morgan fingerprint density at radius 2 is 1.34 bits per heavy atom. The van der Waals surface area contributed by atoms with Crippen LogP contribution in [0.3, 0.4) is 0 Å². The van der Waals surface area contributed by atoms with E-state index in [4.69, 9.17) is 16.6 Å². The summed E-state index contributed by atoms with van der Waals surface area (Å²) in [6, 6.07) is 37.3. The molecular weight excluding hydrogens is 579 g/mol. The molecule has 35 heavy (non-hydrogen) atoms. The zero-order valence-electron chi connectivity index (χ0n) is 19.0. The van der Waals surface area contributed by atoms with Gasteiger partial charge in [-0.2, -0.15) is 0 Å². The van der Waals surface area contributed by atoms with E-state index in [1.807, 2.05) is 18.2 Å². The Bertz CT molecular complexity index is 1440. The number of allylic oxidation sites excluding steroid dienone is 1. The van der Waals surface area contributed by atoms with E-state index in [-0.39, 0.29) is 5.56 Å². The third kappa shape index (κ3) is 4.58. The fourth-order valence-electron chi connectivity index (χ4n) is 4.37.